The van der Waals surface area contributed by atoms with E-state index in [4.69, 9.17) is 5.73 Å². The Balaban J connectivity index is 2.28. The number of fused-ring (bicyclic) bond motifs is 1. The number of rotatable bonds is 3. The lowest BCUT2D eigenvalue weighted by Gasteiger charge is -2.10. The van der Waals surface area contributed by atoms with Crippen LogP contribution in [0.3, 0.4) is 0 Å². The van der Waals surface area contributed by atoms with E-state index in [1.165, 1.54) is 18.2 Å². The molecule has 122 valence electrons. The van der Waals surface area contributed by atoms with Crippen molar-refractivity contribution in [2.75, 3.05) is 5.73 Å². The number of aromatic hydroxyl groups is 1. The molecule has 0 saturated heterocycles. The lowest BCUT2D eigenvalue weighted by Crippen LogP contribution is -2.01. The molecule has 24 heavy (non-hydrogen) atoms. The molecule has 0 spiro atoms. The van der Waals surface area contributed by atoms with Gasteiger partial charge in [-0.2, -0.15) is 13.5 Å². The molecule has 0 atom stereocenters. The average Bonchev–Trinajstić information content (AvgIpc) is 2.54. The molecule has 0 unspecified atom stereocenters. The average molecular weight is 343 g/mol. The lowest BCUT2D eigenvalue weighted by atomic mass is 10.1. The van der Waals surface area contributed by atoms with Gasteiger partial charge in [-0.1, -0.05) is 30.3 Å². The Morgan fingerprint density at radius 2 is 1.67 bits per heavy atom. The van der Waals surface area contributed by atoms with Gasteiger partial charge in [-0.25, -0.2) is 0 Å². The van der Waals surface area contributed by atoms with Crippen LogP contribution in [-0.4, -0.2) is 18.1 Å². The highest BCUT2D eigenvalue weighted by Crippen LogP contribution is 2.40. The second kappa shape index (κ2) is 5.91. The number of phenolic OH excluding ortho intramolecular Hbond substituents is 1. The van der Waals surface area contributed by atoms with Crippen LogP contribution in [0.1, 0.15) is 0 Å². The Labute approximate surface area is 137 Å². The third-order valence-electron chi connectivity index (χ3n) is 3.43. The molecular formula is C16H13N3O4S. The topological polar surface area (TPSA) is 125 Å². The molecule has 0 heterocycles. The number of nitrogens with zero attached hydrogens (tertiary/aromatic N) is 2. The van der Waals surface area contributed by atoms with Gasteiger partial charge >= 0.3 is 0 Å². The second-order valence-electron chi connectivity index (χ2n) is 5.02. The number of nitrogen functional groups attached to an aromatic ring is 1. The van der Waals surface area contributed by atoms with Crippen molar-refractivity contribution in [1.29, 1.82) is 0 Å². The summed E-state index contributed by atoms with van der Waals surface area (Å²) in [6.07, 6.45) is 0. The van der Waals surface area contributed by atoms with Crippen LogP contribution in [0, 0.1) is 0 Å². The van der Waals surface area contributed by atoms with Crippen molar-refractivity contribution < 1.29 is 18.1 Å². The molecule has 0 bridgehead atoms. The van der Waals surface area contributed by atoms with Crippen molar-refractivity contribution in [3.05, 3.63) is 54.6 Å². The van der Waals surface area contributed by atoms with Crippen LogP contribution in [-0.2, 0) is 10.1 Å². The molecule has 0 aliphatic carbocycles. The summed E-state index contributed by atoms with van der Waals surface area (Å²) in [7, 11) is -4.54. The van der Waals surface area contributed by atoms with E-state index in [0.29, 0.717) is 5.69 Å². The van der Waals surface area contributed by atoms with E-state index in [1.807, 2.05) is 6.07 Å². The summed E-state index contributed by atoms with van der Waals surface area (Å²) < 4.78 is 32.8. The van der Waals surface area contributed by atoms with E-state index >= 15 is 0 Å². The van der Waals surface area contributed by atoms with E-state index in [9.17, 15) is 18.1 Å². The number of hydrogen-bond acceptors (Lipinski definition) is 6. The standard InChI is InChI=1S/C16H13N3O4S/c17-16-12(19-18-10-5-2-1-3-6-10)9-14(24(21,22)23)11-7-4-8-13(20)15(11)16/h1-9,20H,17H2,(H,21,22,23). The van der Waals surface area contributed by atoms with Crippen LogP contribution in [0.25, 0.3) is 10.8 Å². The molecular weight excluding hydrogens is 330 g/mol. The third-order valence-corrected chi connectivity index (χ3v) is 4.32. The van der Waals surface area contributed by atoms with Crippen LogP contribution in [0.2, 0.25) is 0 Å². The minimum absolute atomic E-state index is 0.0282. The predicted molar refractivity (Wildman–Crippen MR) is 90.5 cm³/mol. The molecule has 3 aromatic rings. The van der Waals surface area contributed by atoms with Crippen molar-refractivity contribution in [2.24, 2.45) is 10.2 Å². The first-order chi connectivity index (χ1) is 11.4. The van der Waals surface area contributed by atoms with Gasteiger partial charge in [0, 0.05) is 5.39 Å². The van der Waals surface area contributed by atoms with Gasteiger partial charge in [0.15, 0.2) is 0 Å². The zero-order chi connectivity index (χ0) is 17.3. The first-order valence-electron chi connectivity index (χ1n) is 6.86. The van der Waals surface area contributed by atoms with Gasteiger partial charge in [0.25, 0.3) is 10.1 Å². The van der Waals surface area contributed by atoms with Gasteiger partial charge in [0.05, 0.1) is 16.8 Å². The Kier molecular flexibility index (Phi) is 3.92. The summed E-state index contributed by atoms with van der Waals surface area (Å²) in [5.41, 5.74) is 6.64. The molecule has 3 rings (SSSR count). The monoisotopic (exact) mass is 343 g/mol. The van der Waals surface area contributed by atoms with Gasteiger partial charge in [-0.15, -0.1) is 5.11 Å². The number of azo groups is 1. The van der Waals surface area contributed by atoms with Crippen molar-refractivity contribution in [3.63, 3.8) is 0 Å². The van der Waals surface area contributed by atoms with E-state index in [-0.39, 0.29) is 27.9 Å². The molecule has 0 saturated carbocycles. The molecule has 0 aliphatic heterocycles. The smallest absolute Gasteiger partial charge is 0.295 e. The molecule has 0 fully saturated rings. The summed E-state index contributed by atoms with van der Waals surface area (Å²) in [6, 6.07) is 14.2. The Bertz CT molecular complexity index is 1050. The van der Waals surface area contributed by atoms with Crippen LogP contribution >= 0.6 is 0 Å². The molecule has 0 amide bonds. The maximum Gasteiger partial charge on any atom is 0.295 e. The molecule has 7 nitrogen and oxygen atoms in total. The number of anilines is 1. The van der Waals surface area contributed by atoms with E-state index in [0.717, 1.165) is 6.07 Å². The van der Waals surface area contributed by atoms with E-state index in [2.05, 4.69) is 10.2 Å². The maximum atomic E-state index is 11.7. The Hall–Kier alpha value is -2.97. The quantitative estimate of drug-likeness (QED) is 0.379. The van der Waals surface area contributed by atoms with Crippen molar-refractivity contribution in [3.8, 4) is 5.75 Å². The van der Waals surface area contributed by atoms with Crippen LogP contribution in [0.4, 0.5) is 17.1 Å². The highest BCUT2D eigenvalue weighted by atomic mass is 32.2. The zero-order valence-electron chi connectivity index (χ0n) is 12.3. The van der Waals surface area contributed by atoms with Crippen molar-refractivity contribution >= 4 is 38.0 Å². The summed E-state index contributed by atoms with van der Waals surface area (Å²) >= 11 is 0. The number of benzene rings is 3. The van der Waals surface area contributed by atoms with Crippen LogP contribution in [0.5, 0.6) is 5.75 Å². The molecule has 0 aromatic heterocycles. The SMILES string of the molecule is Nc1c(N=Nc2ccccc2)cc(S(=O)(=O)O)c2cccc(O)c12. The van der Waals surface area contributed by atoms with Gasteiger partial charge in [0.2, 0.25) is 0 Å². The first kappa shape index (κ1) is 15.9. The largest absolute Gasteiger partial charge is 0.507 e. The van der Waals surface area contributed by atoms with E-state index < -0.39 is 15.0 Å². The van der Waals surface area contributed by atoms with Crippen LogP contribution in [0.15, 0.2) is 69.7 Å². The Morgan fingerprint density at radius 1 is 0.958 bits per heavy atom. The fourth-order valence-electron chi connectivity index (χ4n) is 2.34. The maximum absolute atomic E-state index is 11.7. The summed E-state index contributed by atoms with van der Waals surface area (Å²) in [5, 5.41) is 18.2. The normalized spacial score (nSPS) is 12.0. The number of nitrogens with two attached hydrogens (primary N) is 1. The fraction of sp³-hybridized carbons (Fsp3) is 0. The van der Waals surface area contributed by atoms with Crippen LogP contribution < -0.4 is 5.73 Å². The predicted octanol–water partition coefficient (Wildman–Crippen LogP) is 3.79. The number of hydrogen-bond donors (Lipinski definition) is 3. The molecule has 0 radical (unpaired) electrons. The van der Waals surface area contributed by atoms with E-state index in [1.54, 1.807) is 24.3 Å². The molecule has 8 heteroatoms. The highest BCUT2D eigenvalue weighted by Gasteiger charge is 2.20. The Morgan fingerprint density at radius 3 is 2.33 bits per heavy atom. The third kappa shape index (κ3) is 2.92. The van der Waals surface area contributed by atoms with Gasteiger partial charge in [0.1, 0.15) is 16.3 Å². The summed E-state index contributed by atoms with van der Waals surface area (Å²) in [5.74, 6) is -0.216. The van der Waals surface area contributed by atoms with Gasteiger partial charge in [-0.05, 0) is 24.3 Å². The molecule has 0 aliphatic rings. The zero-order valence-corrected chi connectivity index (χ0v) is 13.1. The van der Waals surface area contributed by atoms with Gasteiger partial charge < -0.3 is 10.8 Å². The molecule has 4 N–H and O–H groups in total. The second-order valence-corrected chi connectivity index (χ2v) is 6.41. The van der Waals surface area contributed by atoms with Crippen molar-refractivity contribution in [1.82, 2.24) is 0 Å². The van der Waals surface area contributed by atoms with Gasteiger partial charge in [-0.3, -0.25) is 4.55 Å². The summed E-state index contributed by atoms with van der Waals surface area (Å²) in [6.45, 7) is 0. The lowest BCUT2D eigenvalue weighted by molar-refractivity contribution is 0.481. The first-order valence-corrected chi connectivity index (χ1v) is 8.30. The van der Waals surface area contributed by atoms with Crippen molar-refractivity contribution in [2.45, 2.75) is 4.90 Å². The fourth-order valence-corrected chi connectivity index (χ4v) is 3.05. The minimum atomic E-state index is -4.54. The highest BCUT2D eigenvalue weighted by molar-refractivity contribution is 7.86. The minimum Gasteiger partial charge on any atom is -0.507 e. The summed E-state index contributed by atoms with van der Waals surface area (Å²) in [4.78, 5) is -0.399. The number of phenols is 1. The molecule has 3 aromatic carbocycles.